The highest BCUT2D eigenvalue weighted by Gasteiger charge is 2.46. The van der Waals surface area contributed by atoms with Crippen LogP contribution in [0.2, 0.25) is 0 Å². The Kier molecular flexibility index (Phi) is 4.35. The number of methoxy groups -OCH3 is 1. The predicted molar refractivity (Wildman–Crippen MR) is 74.8 cm³/mol. The molecule has 5 nitrogen and oxygen atoms in total. The molecule has 5 heteroatoms. The fourth-order valence-electron chi connectivity index (χ4n) is 2.78. The van der Waals surface area contributed by atoms with Gasteiger partial charge in [0.1, 0.15) is 12.2 Å². The van der Waals surface area contributed by atoms with E-state index in [4.69, 9.17) is 18.9 Å². The van der Waals surface area contributed by atoms with E-state index in [1.807, 2.05) is 18.2 Å². The largest absolute Gasteiger partial charge is 0.364 e. The lowest BCUT2D eigenvalue weighted by Crippen LogP contribution is -2.50. The van der Waals surface area contributed by atoms with Gasteiger partial charge in [0.05, 0.1) is 6.61 Å². The smallest absolute Gasteiger partial charge is 0.187 e. The summed E-state index contributed by atoms with van der Waals surface area (Å²) in [5, 5.41) is 0. The van der Waals surface area contributed by atoms with Gasteiger partial charge in [-0.2, -0.15) is 0 Å². The first-order chi connectivity index (χ1) is 10.2. The molecule has 0 N–H and O–H groups in total. The van der Waals surface area contributed by atoms with Gasteiger partial charge < -0.3 is 18.9 Å². The van der Waals surface area contributed by atoms with Gasteiger partial charge in [-0.1, -0.05) is 37.3 Å². The van der Waals surface area contributed by atoms with Crippen molar-refractivity contribution in [2.24, 2.45) is 5.92 Å². The molecule has 0 spiro atoms. The average molecular weight is 292 g/mol. The quantitative estimate of drug-likeness (QED) is 0.795. The zero-order valence-electron chi connectivity index (χ0n) is 12.2. The van der Waals surface area contributed by atoms with Gasteiger partial charge in [0, 0.05) is 25.0 Å². The topological polar surface area (TPSA) is 54.0 Å². The van der Waals surface area contributed by atoms with Gasteiger partial charge in [0.25, 0.3) is 0 Å². The van der Waals surface area contributed by atoms with Crippen LogP contribution in [0, 0.1) is 5.92 Å². The molecular formula is C16H20O5. The Morgan fingerprint density at radius 1 is 1.29 bits per heavy atom. The number of fused-ring (bicyclic) bond motifs is 1. The highest BCUT2D eigenvalue weighted by Crippen LogP contribution is 2.33. The van der Waals surface area contributed by atoms with Crippen LogP contribution in [0.1, 0.15) is 23.7 Å². The summed E-state index contributed by atoms with van der Waals surface area (Å²) < 4.78 is 22.6. The maximum Gasteiger partial charge on any atom is 0.187 e. The molecule has 2 aliphatic rings. The van der Waals surface area contributed by atoms with Gasteiger partial charge in [-0.25, -0.2) is 0 Å². The van der Waals surface area contributed by atoms with Crippen LogP contribution >= 0.6 is 0 Å². The van der Waals surface area contributed by atoms with Gasteiger partial charge in [-0.15, -0.1) is 0 Å². The number of ketones is 1. The van der Waals surface area contributed by atoms with Crippen LogP contribution in [-0.2, 0) is 18.9 Å². The van der Waals surface area contributed by atoms with E-state index in [1.54, 1.807) is 19.2 Å². The lowest BCUT2D eigenvalue weighted by molar-refractivity contribution is -0.330. The van der Waals surface area contributed by atoms with Crippen LogP contribution in [0.25, 0.3) is 0 Å². The van der Waals surface area contributed by atoms with Gasteiger partial charge in [0.2, 0.25) is 0 Å². The molecule has 0 amide bonds. The SMILES string of the molecule is CO[C@H]1O[C@@H]2OC[C@@H](C)[C@@H]2O[C@@H]1CC(=O)c1ccccc1. The minimum absolute atomic E-state index is 0.0243. The first kappa shape index (κ1) is 14.7. The molecule has 0 aromatic heterocycles. The minimum atomic E-state index is -0.579. The molecule has 0 bridgehead atoms. The van der Waals surface area contributed by atoms with Crippen molar-refractivity contribution < 1.29 is 23.7 Å². The summed E-state index contributed by atoms with van der Waals surface area (Å²) in [5.41, 5.74) is 0.675. The van der Waals surface area contributed by atoms with Crippen molar-refractivity contribution in [1.29, 1.82) is 0 Å². The third-order valence-corrected chi connectivity index (χ3v) is 3.97. The zero-order valence-corrected chi connectivity index (χ0v) is 12.2. The Morgan fingerprint density at radius 3 is 2.76 bits per heavy atom. The molecule has 1 aromatic rings. The molecule has 2 saturated heterocycles. The third kappa shape index (κ3) is 3.01. The molecular weight excluding hydrogens is 272 g/mol. The standard InChI is InChI=1S/C16H20O5/c1-10-9-19-16-14(10)20-13(15(18-2)21-16)8-12(17)11-6-4-3-5-7-11/h3-7,10,13-16H,8-9H2,1-2H3/t10-,13-,14+,15+,16+/m1/s1. The summed E-state index contributed by atoms with van der Waals surface area (Å²) in [6.45, 7) is 2.66. The van der Waals surface area contributed by atoms with Crippen LogP contribution in [0.4, 0.5) is 0 Å². The summed E-state index contributed by atoms with van der Waals surface area (Å²) in [4.78, 5) is 12.3. The van der Waals surface area contributed by atoms with E-state index >= 15 is 0 Å². The van der Waals surface area contributed by atoms with E-state index in [1.165, 1.54) is 0 Å². The van der Waals surface area contributed by atoms with Gasteiger partial charge in [-0.05, 0) is 0 Å². The molecule has 2 aliphatic heterocycles. The first-order valence-corrected chi connectivity index (χ1v) is 7.22. The van der Waals surface area contributed by atoms with Gasteiger partial charge in [-0.3, -0.25) is 4.79 Å². The van der Waals surface area contributed by atoms with Crippen LogP contribution in [0.3, 0.4) is 0 Å². The number of hydrogen-bond acceptors (Lipinski definition) is 5. The van der Waals surface area contributed by atoms with E-state index in [2.05, 4.69) is 6.92 Å². The lowest BCUT2D eigenvalue weighted by atomic mass is 10.0. The Bertz CT molecular complexity index is 489. The Balaban J connectivity index is 1.69. The molecule has 2 fully saturated rings. The first-order valence-electron chi connectivity index (χ1n) is 7.22. The van der Waals surface area contributed by atoms with Crippen molar-refractivity contribution in [3.05, 3.63) is 35.9 Å². The average Bonchev–Trinajstić information content (AvgIpc) is 2.88. The number of ether oxygens (including phenoxy) is 4. The van der Waals surface area contributed by atoms with Crippen molar-refractivity contribution in [3.8, 4) is 0 Å². The van der Waals surface area contributed by atoms with Gasteiger partial charge in [0.15, 0.2) is 18.4 Å². The third-order valence-electron chi connectivity index (χ3n) is 3.97. The van der Waals surface area contributed by atoms with Crippen LogP contribution in [0.15, 0.2) is 30.3 Å². The summed E-state index contributed by atoms with van der Waals surface area (Å²) in [5.74, 6) is 0.276. The molecule has 1 aromatic carbocycles. The summed E-state index contributed by atoms with van der Waals surface area (Å²) in [6.07, 6.45) is -1.28. The molecule has 5 atom stereocenters. The molecule has 3 rings (SSSR count). The van der Waals surface area contributed by atoms with E-state index in [-0.39, 0.29) is 24.2 Å². The molecule has 114 valence electrons. The van der Waals surface area contributed by atoms with E-state index in [9.17, 15) is 4.79 Å². The molecule has 2 heterocycles. The second-order valence-electron chi connectivity index (χ2n) is 5.55. The normalized spacial score (nSPS) is 35.4. The van der Waals surface area contributed by atoms with Crippen molar-refractivity contribution >= 4 is 5.78 Å². The molecule has 0 saturated carbocycles. The number of benzene rings is 1. The summed E-state index contributed by atoms with van der Waals surface area (Å²) >= 11 is 0. The molecule has 0 radical (unpaired) electrons. The minimum Gasteiger partial charge on any atom is -0.364 e. The Morgan fingerprint density at radius 2 is 2.05 bits per heavy atom. The Hall–Kier alpha value is -1.27. The monoisotopic (exact) mass is 292 g/mol. The van der Waals surface area contributed by atoms with Crippen LogP contribution in [0.5, 0.6) is 0 Å². The molecule has 21 heavy (non-hydrogen) atoms. The van der Waals surface area contributed by atoms with E-state index < -0.39 is 18.7 Å². The number of Topliss-reactive ketones (excluding diaryl/α,β-unsaturated/α-hetero) is 1. The maximum absolute atomic E-state index is 12.3. The molecule has 0 unspecified atom stereocenters. The second-order valence-corrected chi connectivity index (χ2v) is 5.55. The lowest BCUT2D eigenvalue weighted by Gasteiger charge is -2.38. The van der Waals surface area contributed by atoms with Crippen molar-refractivity contribution in [3.63, 3.8) is 0 Å². The number of rotatable bonds is 4. The fourth-order valence-corrected chi connectivity index (χ4v) is 2.78. The summed E-state index contributed by atoms with van der Waals surface area (Å²) in [7, 11) is 1.55. The number of hydrogen-bond donors (Lipinski definition) is 0. The van der Waals surface area contributed by atoms with Crippen molar-refractivity contribution in [1.82, 2.24) is 0 Å². The molecule has 0 aliphatic carbocycles. The Labute approximate surface area is 124 Å². The fraction of sp³-hybridized carbons (Fsp3) is 0.562. The predicted octanol–water partition coefficient (Wildman–Crippen LogP) is 2.01. The maximum atomic E-state index is 12.3. The second kappa shape index (κ2) is 6.23. The zero-order chi connectivity index (χ0) is 14.8. The van der Waals surface area contributed by atoms with Crippen molar-refractivity contribution in [2.45, 2.75) is 38.1 Å². The van der Waals surface area contributed by atoms with Crippen LogP contribution in [-0.4, -0.2) is 44.3 Å². The van der Waals surface area contributed by atoms with E-state index in [0.717, 1.165) is 0 Å². The summed E-state index contributed by atoms with van der Waals surface area (Å²) in [6, 6.07) is 9.19. The number of carbonyl (C=O) groups is 1. The van der Waals surface area contributed by atoms with E-state index in [0.29, 0.717) is 12.2 Å². The number of carbonyl (C=O) groups excluding carboxylic acids is 1. The highest BCUT2D eigenvalue weighted by molar-refractivity contribution is 5.96. The van der Waals surface area contributed by atoms with Crippen LogP contribution < -0.4 is 0 Å². The van der Waals surface area contributed by atoms with Gasteiger partial charge >= 0.3 is 0 Å². The highest BCUT2D eigenvalue weighted by atomic mass is 16.8. The van der Waals surface area contributed by atoms with Crippen molar-refractivity contribution in [2.75, 3.05) is 13.7 Å².